The summed E-state index contributed by atoms with van der Waals surface area (Å²) in [5.74, 6) is -1.14. The first kappa shape index (κ1) is 19.8. The highest BCUT2D eigenvalue weighted by Crippen LogP contribution is 2.33. The van der Waals surface area contributed by atoms with E-state index in [1.807, 2.05) is 30.3 Å². The summed E-state index contributed by atoms with van der Waals surface area (Å²) in [7, 11) is 0. The van der Waals surface area contributed by atoms with E-state index in [1.165, 1.54) is 24.3 Å². The largest absolute Gasteiger partial charge is 0.462 e. The number of hydrogen-bond acceptors (Lipinski definition) is 5. The van der Waals surface area contributed by atoms with Gasteiger partial charge in [-0.2, -0.15) is 0 Å². The Morgan fingerprint density at radius 2 is 1.77 bits per heavy atom. The number of carbonyl (C=O) groups is 2. The molecule has 150 valence electrons. The number of carbonyl (C=O) groups excluding carboxylic acids is 2. The Hall–Kier alpha value is -3.52. The first-order chi connectivity index (χ1) is 14.4. The van der Waals surface area contributed by atoms with Crippen LogP contribution in [-0.2, 0) is 4.74 Å². The van der Waals surface area contributed by atoms with Crippen LogP contribution >= 0.6 is 15.9 Å². The van der Waals surface area contributed by atoms with Crippen LogP contribution in [0.1, 0.15) is 33.3 Å². The van der Waals surface area contributed by atoms with Crippen LogP contribution in [-0.4, -0.2) is 27.7 Å². The monoisotopic (exact) mass is 466 g/mol. The molecule has 0 spiro atoms. The maximum absolute atomic E-state index is 13.4. The summed E-state index contributed by atoms with van der Waals surface area (Å²) in [6, 6.07) is 16.4. The van der Waals surface area contributed by atoms with Gasteiger partial charge >= 0.3 is 5.97 Å². The van der Waals surface area contributed by atoms with Gasteiger partial charge in [0.05, 0.1) is 33.8 Å². The molecule has 0 saturated heterocycles. The number of nitro groups is 1. The Morgan fingerprint density at radius 1 is 1.07 bits per heavy atom. The maximum Gasteiger partial charge on any atom is 0.340 e. The van der Waals surface area contributed by atoms with E-state index in [2.05, 4.69) is 15.9 Å². The van der Waals surface area contributed by atoms with Crippen LogP contribution in [0, 0.1) is 10.1 Å². The normalized spacial score (nSPS) is 11.0. The molecule has 0 bridgehead atoms. The van der Waals surface area contributed by atoms with Crippen LogP contribution in [0.3, 0.4) is 0 Å². The van der Waals surface area contributed by atoms with E-state index in [-0.39, 0.29) is 29.1 Å². The van der Waals surface area contributed by atoms with E-state index in [1.54, 1.807) is 17.4 Å². The summed E-state index contributed by atoms with van der Waals surface area (Å²) in [5, 5.41) is 12.3. The number of ketones is 1. The van der Waals surface area contributed by atoms with Gasteiger partial charge in [0, 0.05) is 10.5 Å². The molecule has 0 N–H and O–H groups in total. The Kier molecular flexibility index (Phi) is 5.09. The van der Waals surface area contributed by atoms with Gasteiger partial charge in [-0.05, 0) is 52.5 Å². The van der Waals surface area contributed by atoms with Crippen LogP contribution in [0.4, 0.5) is 5.69 Å². The Morgan fingerprint density at radius 3 is 2.50 bits per heavy atom. The van der Waals surface area contributed by atoms with E-state index in [0.29, 0.717) is 15.5 Å². The number of nitro benzene ring substituents is 1. The third-order valence-corrected chi connectivity index (χ3v) is 5.36. The lowest BCUT2D eigenvalue weighted by Crippen LogP contribution is -2.08. The smallest absolute Gasteiger partial charge is 0.340 e. The molecule has 7 nitrogen and oxygen atoms in total. The molecule has 0 aliphatic rings. The summed E-state index contributed by atoms with van der Waals surface area (Å²) in [6.45, 7) is 1.87. The van der Waals surface area contributed by atoms with Gasteiger partial charge in [0.2, 0.25) is 5.78 Å². The highest BCUT2D eigenvalue weighted by atomic mass is 79.9. The van der Waals surface area contributed by atoms with Crippen molar-refractivity contribution < 1.29 is 19.2 Å². The molecule has 0 radical (unpaired) electrons. The number of benzene rings is 2. The average molecular weight is 467 g/mol. The lowest BCUT2D eigenvalue weighted by Gasteiger charge is -2.09. The molecule has 4 rings (SSSR count). The second-order valence-electron chi connectivity index (χ2n) is 6.50. The van der Waals surface area contributed by atoms with Crippen LogP contribution in [0.15, 0.2) is 65.1 Å². The summed E-state index contributed by atoms with van der Waals surface area (Å²) in [6.07, 6.45) is 0. The summed E-state index contributed by atoms with van der Waals surface area (Å²) in [5.41, 5.74) is 1.15. The van der Waals surface area contributed by atoms with Crippen LogP contribution in [0.5, 0.6) is 0 Å². The van der Waals surface area contributed by atoms with Gasteiger partial charge in [-0.15, -0.1) is 0 Å². The number of aromatic nitrogens is 1. The number of nitrogens with zero attached hydrogens (tertiary/aromatic N) is 2. The standard InChI is InChI=1S/C22H15BrN2O5/c1-2-30-22(27)15-12-19(21(26)14-8-4-6-10-18(14)25(28)29)24-17-9-5-3-7-13(17)11-16(23)20(15)24/h3-12H,2H2,1H3. The fourth-order valence-corrected chi connectivity index (χ4v) is 4.15. The molecule has 8 heteroatoms. The predicted molar refractivity (Wildman–Crippen MR) is 115 cm³/mol. The van der Waals surface area contributed by atoms with E-state index in [0.717, 1.165) is 5.39 Å². The molecular formula is C22H15BrN2O5. The van der Waals surface area contributed by atoms with Crippen molar-refractivity contribution in [3.63, 3.8) is 0 Å². The van der Waals surface area contributed by atoms with Crippen LogP contribution in [0.2, 0.25) is 0 Å². The number of ether oxygens (including phenoxy) is 1. The molecule has 0 aliphatic heterocycles. The molecule has 2 aromatic carbocycles. The van der Waals surface area contributed by atoms with Gasteiger partial charge in [-0.1, -0.05) is 30.3 Å². The fraction of sp³-hybridized carbons (Fsp3) is 0.0909. The molecule has 0 saturated carbocycles. The van der Waals surface area contributed by atoms with Crippen molar-refractivity contribution in [2.75, 3.05) is 6.61 Å². The van der Waals surface area contributed by atoms with Crippen molar-refractivity contribution in [3.05, 3.63) is 92.1 Å². The minimum atomic E-state index is -0.594. The Labute approximate surface area is 179 Å². The van der Waals surface area contributed by atoms with E-state index >= 15 is 0 Å². The minimum Gasteiger partial charge on any atom is -0.462 e. The quantitative estimate of drug-likeness (QED) is 0.175. The molecule has 2 aromatic heterocycles. The number of para-hydroxylation sites is 2. The lowest BCUT2D eigenvalue weighted by molar-refractivity contribution is -0.385. The number of halogens is 1. The summed E-state index contributed by atoms with van der Waals surface area (Å²) < 4.78 is 7.42. The third kappa shape index (κ3) is 3.15. The van der Waals surface area contributed by atoms with E-state index in [9.17, 15) is 19.7 Å². The van der Waals surface area contributed by atoms with Crippen molar-refractivity contribution in [2.24, 2.45) is 0 Å². The second-order valence-corrected chi connectivity index (χ2v) is 7.36. The number of esters is 1. The molecule has 0 atom stereocenters. The molecule has 30 heavy (non-hydrogen) atoms. The van der Waals surface area contributed by atoms with Crippen LogP contribution < -0.4 is 0 Å². The van der Waals surface area contributed by atoms with Crippen molar-refractivity contribution >= 4 is 49.8 Å². The predicted octanol–water partition coefficient (Wildman–Crippen LogP) is 5.17. The van der Waals surface area contributed by atoms with Gasteiger partial charge in [0.15, 0.2) is 0 Å². The van der Waals surface area contributed by atoms with Crippen molar-refractivity contribution in [2.45, 2.75) is 6.92 Å². The third-order valence-electron chi connectivity index (χ3n) is 4.76. The maximum atomic E-state index is 13.4. The number of rotatable bonds is 5. The zero-order chi connectivity index (χ0) is 21.4. The Bertz CT molecular complexity index is 1340. The number of pyridine rings is 1. The van der Waals surface area contributed by atoms with Crippen molar-refractivity contribution in [1.29, 1.82) is 0 Å². The molecule has 0 fully saturated rings. The fourth-order valence-electron chi connectivity index (χ4n) is 3.51. The Balaban J connectivity index is 2.09. The van der Waals surface area contributed by atoms with E-state index < -0.39 is 16.7 Å². The highest BCUT2D eigenvalue weighted by Gasteiger charge is 2.28. The van der Waals surface area contributed by atoms with Gasteiger partial charge in [-0.25, -0.2) is 4.79 Å². The number of hydrogen-bond donors (Lipinski definition) is 0. The summed E-state index contributed by atoms with van der Waals surface area (Å²) >= 11 is 3.50. The first-order valence-electron chi connectivity index (χ1n) is 9.12. The topological polar surface area (TPSA) is 90.9 Å². The SMILES string of the molecule is CCOC(=O)c1cc(C(=O)c2ccccc2[N+](=O)[O-])n2c1c(Br)cc1ccccc12. The van der Waals surface area contributed by atoms with Gasteiger partial charge in [0.25, 0.3) is 5.69 Å². The summed E-state index contributed by atoms with van der Waals surface area (Å²) in [4.78, 5) is 36.9. The molecule has 4 aromatic rings. The minimum absolute atomic E-state index is 0.0543. The van der Waals surface area contributed by atoms with E-state index in [4.69, 9.17) is 4.74 Å². The molecule has 2 heterocycles. The molecule has 0 aliphatic carbocycles. The average Bonchev–Trinajstić information content (AvgIpc) is 3.15. The lowest BCUT2D eigenvalue weighted by atomic mass is 10.1. The molecule has 0 amide bonds. The van der Waals surface area contributed by atoms with Gasteiger partial charge in [-0.3, -0.25) is 14.9 Å². The van der Waals surface area contributed by atoms with Crippen molar-refractivity contribution in [3.8, 4) is 0 Å². The zero-order valence-corrected chi connectivity index (χ0v) is 17.4. The van der Waals surface area contributed by atoms with Gasteiger partial charge < -0.3 is 9.14 Å². The zero-order valence-electron chi connectivity index (χ0n) is 15.8. The molecular weight excluding hydrogens is 452 g/mol. The highest BCUT2D eigenvalue weighted by molar-refractivity contribution is 9.10. The first-order valence-corrected chi connectivity index (χ1v) is 9.91. The van der Waals surface area contributed by atoms with Crippen LogP contribution in [0.25, 0.3) is 16.4 Å². The second kappa shape index (κ2) is 7.72. The van der Waals surface area contributed by atoms with Gasteiger partial charge in [0.1, 0.15) is 5.56 Å². The molecule has 0 unspecified atom stereocenters. The number of fused-ring (bicyclic) bond motifs is 3. The van der Waals surface area contributed by atoms with Crippen molar-refractivity contribution in [1.82, 2.24) is 4.40 Å².